The van der Waals surface area contributed by atoms with Crippen molar-refractivity contribution in [3.05, 3.63) is 139 Å². The van der Waals surface area contributed by atoms with Crippen molar-refractivity contribution in [2.24, 2.45) is 0 Å². The number of rotatable bonds is 13. The van der Waals surface area contributed by atoms with Gasteiger partial charge in [-0.2, -0.15) is 0 Å². The standard InChI is InChI=1S/C34H26BN2O11P/c35-48-49(44)47-34(27-9-13-31(14-10-27)46-23-29-20-25(4-2-18-39)8-16-33(29)37(42)43)21-26-5-11-30(12-6-26)45-22-28-19-24(3-1-17-38)7-15-32(28)36(40)41/h5-16,19-21,38-39,44H,17-18,22-23H2. The Hall–Kier alpha value is -5.73. The normalized spacial score (nSPS) is 11.3. The van der Waals surface area contributed by atoms with Crippen molar-refractivity contribution in [3.8, 4) is 35.2 Å². The molecular formula is C34H26BN2O11P. The van der Waals surface area contributed by atoms with Crippen molar-refractivity contribution < 1.29 is 43.4 Å². The number of hydrogen-bond donors (Lipinski definition) is 3. The van der Waals surface area contributed by atoms with Crippen LogP contribution in [-0.4, -0.2) is 46.2 Å². The topological polar surface area (TPSA) is 184 Å². The van der Waals surface area contributed by atoms with Crippen LogP contribution in [0.3, 0.4) is 0 Å². The number of aliphatic hydroxyl groups is 2. The molecular weight excluding hydrogens is 654 g/mol. The lowest BCUT2D eigenvalue weighted by Gasteiger charge is -2.14. The molecule has 0 saturated heterocycles. The number of aliphatic hydroxyl groups excluding tert-OH is 2. The van der Waals surface area contributed by atoms with Gasteiger partial charge in [-0.15, -0.1) is 0 Å². The van der Waals surface area contributed by atoms with E-state index in [4.69, 9.17) is 32.3 Å². The molecule has 0 saturated carbocycles. The molecule has 1 atom stereocenters. The zero-order valence-electron chi connectivity index (χ0n) is 25.5. The molecule has 4 rings (SSSR count). The summed E-state index contributed by atoms with van der Waals surface area (Å²) in [5, 5.41) is 40.9. The van der Waals surface area contributed by atoms with E-state index in [1.807, 2.05) is 0 Å². The SMILES string of the molecule is [B]OP(O)OC(=Cc1ccc(OCc2cc(C#CCO)ccc2[N+](=O)[O-])cc1)c1ccc(OCc2cc(C#CCO)ccc2[N+](=O)[O-])cc1. The Balaban J connectivity index is 1.49. The van der Waals surface area contributed by atoms with Gasteiger partial charge in [-0.25, -0.2) is 0 Å². The Bertz CT molecular complexity index is 1950. The van der Waals surface area contributed by atoms with Crippen molar-refractivity contribution in [1.82, 2.24) is 0 Å². The van der Waals surface area contributed by atoms with Crippen LogP contribution in [0.2, 0.25) is 0 Å². The maximum atomic E-state index is 11.5. The first-order chi connectivity index (χ1) is 23.7. The van der Waals surface area contributed by atoms with E-state index < -0.39 is 18.4 Å². The third-order valence-electron chi connectivity index (χ3n) is 6.55. The molecule has 0 aromatic heterocycles. The highest BCUT2D eigenvalue weighted by molar-refractivity contribution is 7.42. The Morgan fingerprint density at radius 2 is 1.22 bits per heavy atom. The van der Waals surface area contributed by atoms with E-state index in [1.54, 1.807) is 54.6 Å². The first kappa shape index (κ1) is 36.1. The van der Waals surface area contributed by atoms with Crippen LogP contribution in [0.1, 0.15) is 33.4 Å². The first-order valence-corrected chi connectivity index (χ1v) is 15.3. The van der Waals surface area contributed by atoms with Crippen LogP contribution >= 0.6 is 8.60 Å². The number of ether oxygens (including phenoxy) is 2. The summed E-state index contributed by atoms with van der Waals surface area (Å²) in [6, 6.07) is 21.9. The summed E-state index contributed by atoms with van der Waals surface area (Å²) >= 11 is 0. The fraction of sp³-hybridized carbons (Fsp3) is 0.118. The molecule has 13 nitrogen and oxygen atoms in total. The van der Waals surface area contributed by atoms with Gasteiger partial charge in [-0.3, -0.25) is 20.2 Å². The molecule has 49 heavy (non-hydrogen) atoms. The average molecular weight is 680 g/mol. The van der Waals surface area contributed by atoms with Crippen molar-refractivity contribution in [3.63, 3.8) is 0 Å². The van der Waals surface area contributed by atoms with Gasteiger partial charge in [-0.1, -0.05) is 35.8 Å². The molecule has 0 bridgehead atoms. The van der Waals surface area contributed by atoms with Gasteiger partial charge in [0.25, 0.3) is 19.4 Å². The highest BCUT2D eigenvalue weighted by Crippen LogP contribution is 2.39. The maximum Gasteiger partial charge on any atom is 0.377 e. The van der Waals surface area contributed by atoms with Crippen LogP contribution in [0.4, 0.5) is 11.4 Å². The van der Waals surface area contributed by atoms with E-state index >= 15 is 0 Å². The second-order valence-corrected chi connectivity index (χ2v) is 10.6. The molecule has 246 valence electrons. The van der Waals surface area contributed by atoms with Crippen molar-refractivity contribution in [1.29, 1.82) is 0 Å². The minimum absolute atomic E-state index is 0.109. The predicted octanol–water partition coefficient (Wildman–Crippen LogP) is 5.18. The number of nitrogens with zero attached hydrogens (tertiary/aromatic N) is 2. The summed E-state index contributed by atoms with van der Waals surface area (Å²) < 4.78 is 21.5. The van der Waals surface area contributed by atoms with Crippen molar-refractivity contribution in [2.75, 3.05) is 13.2 Å². The highest BCUT2D eigenvalue weighted by atomic mass is 31.2. The van der Waals surface area contributed by atoms with Gasteiger partial charge in [0, 0.05) is 28.8 Å². The number of nitro groups is 2. The molecule has 0 aliphatic heterocycles. The van der Waals surface area contributed by atoms with E-state index in [0.29, 0.717) is 44.9 Å². The Labute approximate surface area is 283 Å². The van der Waals surface area contributed by atoms with Gasteiger partial charge in [-0.05, 0) is 72.3 Å². The molecule has 1 unspecified atom stereocenters. The van der Waals surface area contributed by atoms with E-state index in [-0.39, 0.29) is 43.6 Å². The molecule has 2 radical (unpaired) electrons. The Morgan fingerprint density at radius 1 is 0.755 bits per heavy atom. The fourth-order valence-electron chi connectivity index (χ4n) is 4.31. The van der Waals surface area contributed by atoms with Crippen molar-refractivity contribution >= 4 is 39.9 Å². The minimum Gasteiger partial charge on any atom is -0.489 e. The van der Waals surface area contributed by atoms with E-state index in [1.165, 1.54) is 36.4 Å². The zero-order chi connectivity index (χ0) is 35.2. The fourth-order valence-corrected chi connectivity index (χ4v) is 4.68. The molecule has 0 aliphatic rings. The van der Waals surface area contributed by atoms with Crippen LogP contribution in [0, 0.1) is 43.9 Å². The third-order valence-corrected chi connectivity index (χ3v) is 7.08. The lowest BCUT2D eigenvalue weighted by molar-refractivity contribution is -0.386. The quantitative estimate of drug-likeness (QED) is 0.0322. The van der Waals surface area contributed by atoms with Gasteiger partial charge < -0.3 is 33.5 Å². The van der Waals surface area contributed by atoms with Crippen molar-refractivity contribution in [2.45, 2.75) is 13.2 Å². The minimum atomic E-state index is -2.47. The van der Waals surface area contributed by atoms with Gasteiger partial charge in [0.15, 0.2) is 0 Å². The largest absolute Gasteiger partial charge is 0.489 e. The number of nitro benzene ring substituents is 2. The smallest absolute Gasteiger partial charge is 0.377 e. The molecule has 15 heteroatoms. The summed E-state index contributed by atoms with van der Waals surface area (Å²) in [5.41, 5.74) is 2.45. The molecule has 0 aliphatic carbocycles. The number of hydrogen-bond acceptors (Lipinski definition) is 11. The number of benzene rings is 4. The van der Waals surface area contributed by atoms with Gasteiger partial charge >= 0.3 is 8.60 Å². The van der Waals surface area contributed by atoms with E-state index in [0.717, 1.165) is 0 Å². The molecule has 0 heterocycles. The lowest BCUT2D eigenvalue weighted by atomic mass is 10.1. The maximum absolute atomic E-state index is 11.5. The zero-order valence-corrected chi connectivity index (χ0v) is 26.4. The van der Waals surface area contributed by atoms with Crippen LogP contribution in [0.15, 0.2) is 84.9 Å². The summed E-state index contributed by atoms with van der Waals surface area (Å²) in [4.78, 5) is 31.9. The molecule has 0 amide bonds. The summed E-state index contributed by atoms with van der Waals surface area (Å²) in [7, 11) is 2.64. The monoisotopic (exact) mass is 680 g/mol. The summed E-state index contributed by atoms with van der Waals surface area (Å²) in [6.07, 6.45) is 1.61. The molecule has 4 aromatic rings. The molecule has 3 N–H and O–H groups in total. The lowest BCUT2D eigenvalue weighted by Crippen LogP contribution is -2.01. The predicted molar refractivity (Wildman–Crippen MR) is 181 cm³/mol. The Morgan fingerprint density at radius 3 is 1.65 bits per heavy atom. The summed E-state index contributed by atoms with van der Waals surface area (Å²) in [5.74, 6) is 11.4. The highest BCUT2D eigenvalue weighted by Gasteiger charge is 2.17. The van der Waals surface area contributed by atoms with Crippen LogP contribution in [0.5, 0.6) is 11.5 Å². The average Bonchev–Trinajstić information content (AvgIpc) is 3.11. The molecule has 0 spiro atoms. The van der Waals surface area contributed by atoms with Gasteiger partial charge in [0.2, 0.25) is 0 Å². The molecule has 4 aromatic carbocycles. The van der Waals surface area contributed by atoms with Crippen LogP contribution < -0.4 is 9.47 Å². The molecule has 0 fully saturated rings. The first-order valence-electron chi connectivity index (χ1n) is 14.2. The van der Waals surface area contributed by atoms with E-state index in [2.05, 4.69) is 28.1 Å². The van der Waals surface area contributed by atoms with Gasteiger partial charge in [0.05, 0.1) is 21.0 Å². The van der Waals surface area contributed by atoms with Crippen LogP contribution in [0.25, 0.3) is 11.8 Å². The van der Waals surface area contributed by atoms with Gasteiger partial charge in [0.1, 0.15) is 43.7 Å². The Kier molecular flexibility index (Phi) is 13.3. The van der Waals surface area contributed by atoms with E-state index in [9.17, 15) is 25.1 Å². The third kappa shape index (κ3) is 10.6. The second-order valence-electron chi connectivity index (χ2n) is 9.73. The summed E-state index contributed by atoms with van der Waals surface area (Å²) in [6.45, 7) is -0.928. The second kappa shape index (κ2) is 18.0. The van der Waals surface area contributed by atoms with Crippen LogP contribution in [-0.2, 0) is 22.2 Å².